The van der Waals surface area contributed by atoms with Crippen LogP contribution in [0, 0.1) is 0 Å². The van der Waals surface area contributed by atoms with Crippen LogP contribution in [0.2, 0.25) is 0 Å². The summed E-state index contributed by atoms with van der Waals surface area (Å²) in [7, 11) is 2.08. The minimum Gasteiger partial charge on any atom is -0.472 e. The van der Waals surface area contributed by atoms with Crippen LogP contribution >= 0.6 is 0 Å². The number of nitrogens with one attached hydrogen (secondary N) is 1. The number of hydrogen-bond acceptors (Lipinski definition) is 4. The summed E-state index contributed by atoms with van der Waals surface area (Å²) in [5.41, 5.74) is 2.42. The average molecular weight is 260 g/mol. The summed E-state index contributed by atoms with van der Waals surface area (Å²) in [5, 5.41) is 3.49. The van der Waals surface area contributed by atoms with Crippen LogP contribution in [0.1, 0.15) is 29.7 Å². The summed E-state index contributed by atoms with van der Waals surface area (Å²) >= 11 is 0. The van der Waals surface area contributed by atoms with E-state index in [1.165, 1.54) is 24.0 Å². The van der Waals surface area contributed by atoms with Gasteiger partial charge >= 0.3 is 0 Å². The maximum atomic E-state index is 5.60. The Kier molecular flexibility index (Phi) is 3.71. The molecule has 0 unspecified atom stereocenters. The molecule has 0 aromatic carbocycles. The zero-order valence-corrected chi connectivity index (χ0v) is 11.3. The molecule has 1 aliphatic carbocycles. The molecule has 4 heteroatoms. The summed E-state index contributed by atoms with van der Waals surface area (Å²) in [6.07, 6.45) is 7.98. The van der Waals surface area contributed by atoms with Gasteiger partial charge in [-0.25, -0.2) is 0 Å². The van der Waals surface area contributed by atoms with Crippen LogP contribution < -0.4 is 5.32 Å². The molecule has 4 nitrogen and oxygen atoms in total. The molecule has 3 rings (SSSR count). The molecule has 0 bridgehead atoms. The van der Waals surface area contributed by atoms with Gasteiger partial charge in [0.05, 0.1) is 25.3 Å². The van der Waals surface area contributed by atoms with E-state index in [-0.39, 0.29) is 0 Å². The fourth-order valence-corrected chi connectivity index (χ4v) is 2.17. The predicted molar refractivity (Wildman–Crippen MR) is 72.4 cm³/mol. The van der Waals surface area contributed by atoms with Crippen LogP contribution in [-0.4, -0.2) is 18.0 Å². The van der Waals surface area contributed by atoms with E-state index >= 15 is 0 Å². The molecule has 0 atom stereocenters. The first-order valence-electron chi connectivity index (χ1n) is 6.79. The van der Waals surface area contributed by atoms with Crippen LogP contribution in [0.15, 0.2) is 39.8 Å². The Morgan fingerprint density at radius 1 is 1.26 bits per heavy atom. The van der Waals surface area contributed by atoms with Gasteiger partial charge in [-0.15, -0.1) is 0 Å². The fraction of sp³-hybridized carbons (Fsp3) is 0.467. The highest BCUT2D eigenvalue weighted by atomic mass is 16.3. The molecule has 1 fully saturated rings. The predicted octanol–water partition coefficient (Wildman–Crippen LogP) is 2.76. The molecule has 2 aromatic heterocycles. The molecule has 0 spiro atoms. The first-order valence-corrected chi connectivity index (χ1v) is 6.79. The van der Waals surface area contributed by atoms with E-state index in [2.05, 4.69) is 23.3 Å². The lowest BCUT2D eigenvalue weighted by molar-refractivity contribution is 0.287. The van der Waals surface area contributed by atoms with E-state index in [4.69, 9.17) is 8.83 Å². The normalized spacial score (nSPS) is 15.3. The van der Waals surface area contributed by atoms with Crippen LogP contribution in [0.5, 0.6) is 0 Å². The molecule has 1 saturated carbocycles. The van der Waals surface area contributed by atoms with Gasteiger partial charge in [0, 0.05) is 30.3 Å². The van der Waals surface area contributed by atoms with Gasteiger partial charge < -0.3 is 14.2 Å². The van der Waals surface area contributed by atoms with Gasteiger partial charge in [-0.2, -0.15) is 0 Å². The van der Waals surface area contributed by atoms with E-state index in [1.807, 2.05) is 12.3 Å². The third kappa shape index (κ3) is 3.72. The second-order valence-corrected chi connectivity index (χ2v) is 5.38. The first kappa shape index (κ1) is 12.5. The van der Waals surface area contributed by atoms with E-state index in [9.17, 15) is 0 Å². The number of nitrogens with zero attached hydrogens (tertiary/aromatic N) is 1. The maximum Gasteiger partial charge on any atom is 0.118 e. The third-order valence-electron chi connectivity index (χ3n) is 3.34. The Labute approximate surface area is 113 Å². The van der Waals surface area contributed by atoms with Crippen molar-refractivity contribution >= 4 is 0 Å². The first-order chi connectivity index (χ1) is 9.29. The van der Waals surface area contributed by atoms with E-state index in [0.717, 1.165) is 31.4 Å². The van der Waals surface area contributed by atoms with E-state index in [0.29, 0.717) is 0 Å². The molecule has 19 heavy (non-hydrogen) atoms. The molecule has 0 radical (unpaired) electrons. The second-order valence-electron chi connectivity index (χ2n) is 5.38. The molecule has 1 aliphatic rings. The van der Waals surface area contributed by atoms with E-state index < -0.39 is 0 Å². The molecule has 1 N–H and O–H groups in total. The van der Waals surface area contributed by atoms with Crippen LogP contribution in [-0.2, 0) is 19.6 Å². The Bertz CT molecular complexity index is 500. The summed E-state index contributed by atoms with van der Waals surface area (Å²) in [6, 6.07) is 4.87. The minimum atomic E-state index is 0.738. The topological polar surface area (TPSA) is 41.6 Å². The van der Waals surface area contributed by atoms with Crippen molar-refractivity contribution in [2.24, 2.45) is 0 Å². The molecule has 2 heterocycles. The van der Waals surface area contributed by atoms with Gasteiger partial charge in [-0.05, 0) is 32.0 Å². The third-order valence-corrected chi connectivity index (χ3v) is 3.34. The van der Waals surface area contributed by atoms with Crippen molar-refractivity contribution in [2.45, 2.75) is 38.5 Å². The highest BCUT2D eigenvalue weighted by Gasteiger charge is 2.20. The Morgan fingerprint density at radius 2 is 2.16 bits per heavy atom. The molecule has 0 amide bonds. The van der Waals surface area contributed by atoms with Crippen molar-refractivity contribution in [1.82, 2.24) is 10.2 Å². The number of furan rings is 2. The largest absolute Gasteiger partial charge is 0.472 e. The summed E-state index contributed by atoms with van der Waals surface area (Å²) in [6.45, 7) is 2.60. The quantitative estimate of drug-likeness (QED) is 0.831. The van der Waals surface area contributed by atoms with Crippen molar-refractivity contribution < 1.29 is 8.83 Å². The van der Waals surface area contributed by atoms with Gasteiger partial charge in [0.2, 0.25) is 0 Å². The lowest BCUT2D eigenvalue weighted by Gasteiger charge is -2.13. The lowest BCUT2D eigenvalue weighted by atomic mass is 10.3. The maximum absolute atomic E-state index is 5.60. The van der Waals surface area contributed by atoms with Gasteiger partial charge in [0.25, 0.3) is 0 Å². The monoisotopic (exact) mass is 260 g/mol. The standard InChI is InChI=1S/C15H20N2O2/c1-17(8-12-4-5-18-10-12)9-15-6-13(11-19-15)7-16-14-2-3-14/h4-6,10-11,14,16H,2-3,7-9H2,1H3. The van der Waals surface area contributed by atoms with Crippen molar-refractivity contribution in [3.05, 3.63) is 47.8 Å². The molecular weight excluding hydrogens is 240 g/mol. The highest BCUT2D eigenvalue weighted by Crippen LogP contribution is 2.20. The fourth-order valence-electron chi connectivity index (χ4n) is 2.17. The van der Waals surface area contributed by atoms with Crippen molar-refractivity contribution in [3.63, 3.8) is 0 Å². The highest BCUT2D eigenvalue weighted by molar-refractivity contribution is 5.13. The van der Waals surface area contributed by atoms with E-state index in [1.54, 1.807) is 12.5 Å². The molecule has 2 aromatic rings. The van der Waals surface area contributed by atoms with Crippen LogP contribution in [0.25, 0.3) is 0 Å². The SMILES string of the molecule is CN(Cc1ccoc1)Cc1cc(CNC2CC2)co1. The molecule has 0 aliphatic heterocycles. The number of rotatable bonds is 7. The lowest BCUT2D eigenvalue weighted by Crippen LogP contribution is -2.16. The summed E-state index contributed by atoms with van der Waals surface area (Å²) < 4.78 is 10.7. The zero-order valence-electron chi connectivity index (χ0n) is 11.3. The molecular formula is C15H20N2O2. The Hall–Kier alpha value is -1.52. The summed E-state index contributed by atoms with van der Waals surface area (Å²) in [4.78, 5) is 2.21. The van der Waals surface area contributed by atoms with Gasteiger partial charge in [0.1, 0.15) is 5.76 Å². The smallest absolute Gasteiger partial charge is 0.118 e. The zero-order chi connectivity index (χ0) is 13.1. The van der Waals surface area contributed by atoms with Gasteiger partial charge in [-0.3, -0.25) is 4.90 Å². The Morgan fingerprint density at radius 3 is 2.89 bits per heavy atom. The van der Waals surface area contributed by atoms with Crippen LogP contribution in [0.3, 0.4) is 0 Å². The van der Waals surface area contributed by atoms with Gasteiger partial charge in [0.15, 0.2) is 0 Å². The Balaban J connectivity index is 1.48. The average Bonchev–Trinajstić information content (AvgIpc) is 2.88. The minimum absolute atomic E-state index is 0.738. The molecule has 0 saturated heterocycles. The van der Waals surface area contributed by atoms with Crippen molar-refractivity contribution in [3.8, 4) is 0 Å². The van der Waals surface area contributed by atoms with Gasteiger partial charge in [-0.1, -0.05) is 0 Å². The van der Waals surface area contributed by atoms with Crippen LogP contribution in [0.4, 0.5) is 0 Å². The molecule has 102 valence electrons. The number of hydrogen-bond donors (Lipinski definition) is 1. The van der Waals surface area contributed by atoms with Crippen molar-refractivity contribution in [2.75, 3.05) is 7.05 Å². The second kappa shape index (κ2) is 5.63. The summed E-state index contributed by atoms with van der Waals surface area (Å²) in [5.74, 6) is 1.01. The van der Waals surface area contributed by atoms with Crippen molar-refractivity contribution in [1.29, 1.82) is 0 Å².